The number of aliphatic hydroxyl groups is 1. The molecule has 2 heterocycles. The third-order valence-electron chi connectivity index (χ3n) is 4.35. The number of amides is 1. The minimum Gasteiger partial charge on any atom is -0.496 e. The first kappa shape index (κ1) is 16.5. The van der Waals surface area contributed by atoms with Crippen LogP contribution in [0.1, 0.15) is 36.4 Å². The zero-order valence-electron chi connectivity index (χ0n) is 14.1. The molecule has 0 bridgehead atoms. The van der Waals surface area contributed by atoms with Crippen LogP contribution in [0.4, 0.5) is 0 Å². The van der Waals surface area contributed by atoms with E-state index < -0.39 is 6.10 Å². The molecule has 0 saturated heterocycles. The van der Waals surface area contributed by atoms with Crippen molar-refractivity contribution in [1.29, 1.82) is 0 Å². The molecule has 1 atom stereocenters. The predicted molar refractivity (Wildman–Crippen MR) is 89.6 cm³/mol. The molecule has 3 rings (SSSR count). The Morgan fingerprint density at radius 3 is 2.92 bits per heavy atom. The Balaban J connectivity index is 1.75. The second-order valence-electron chi connectivity index (χ2n) is 6.12. The van der Waals surface area contributed by atoms with Crippen molar-refractivity contribution in [1.82, 2.24) is 14.7 Å². The van der Waals surface area contributed by atoms with Gasteiger partial charge in [0.25, 0.3) is 0 Å². The molecule has 1 aliphatic rings. The largest absolute Gasteiger partial charge is 0.496 e. The summed E-state index contributed by atoms with van der Waals surface area (Å²) >= 11 is 0. The molecular weight excluding hydrogens is 306 g/mol. The number of rotatable bonds is 4. The Bertz CT molecular complexity index is 724. The van der Waals surface area contributed by atoms with Crippen LogP contribution in [0.5, 0.6) is 5.75 Å². The van der Waals surface area contributed by atoms with Crippen LogP contribution in [0, 0.1) is 0 Å². The van der Waals surface area contributed by atoms with Gasteiger partial charge in [-0.1, -0.05) is 18.2 Å². The first-order valence-electron chi connectivity index (χ1n) is 8.23. The summed E-state index contributed by atoms with van der Waals surface area (Å²) in [6, 6.07) is 9.49. The van der Waals surface area contributed by atoms with Crippen molar-refractivity contribution < 1.29 is 14.6 Å². The molecule has 0 spiro atoms. The van der Waals surface area contributed by atoms with E-state index in [0.29, 0.717) is 25.2 Å². The average molecular weight is 329 g/mol. The maximum atomic E-state index is 12.7. The fraction of sp³-hybridized carbons (Fsp3) is 0.444. The number of aromatic nitrogens is 2. The molecule has 0 radical (unpaired) electrons. The number of aliphatic hydroxyl groups excluding tert-OH is 1. The molecule has 0 aliphatic carbocycles. The van der Waals surface area contributed by atoms with E-state index in [-0.39, 0.29) is 5.91 Å². The molecule has 1 aliphatic heterocycles. The van der Waals surface area contributed by atoms with Crippen LogP contribution in [0.15, 0.2) is 30.3 Å². The van der Waals surface area contributed by atoms with Gasteiger partial charge < -0.3 is 14.7 Å². The molecule has 0 saturated carbocycles. The Morgan fingerprint density at radius 1 is 1.38 bits per heavy atom. The van der Waals surface area contributed by atoms with Gasteiger partial charge in [0.05, 0.1) is 37.6 Å². The molecule has 128 valence electrons. The molecule has 1 aromatic heterocycles. The van der Waals surface area contributed by atoms with E-state index in [2.05, 4.69) is 5.10 Å². The van der Waals surface area contributed by atoms with E-state index in [9.17, 15) is 9.90 Å². The SMILES string of the molecule is COc1ccccc1CC(=O)N1CCCn2nc(C(C)O)cc2C1. The fourth-order valence-corrected chi connectivity index (χ4v) is 3.03. The molecule has 1 unspecified atom stereocenters. The zero-order valence-corrected chi connectivity index (χ0v) is 14.1. The topological polar surface area (TPSA) is 67.6 Å². The molecule has 1 N–H and O–H groups in total. The van der Waals surface area contributed by atoms with Crippen LogP contribution in [0.3, 0.4) is 0 Å². The van der Waals surface area contributed by atoms with Crippen LogP contribution < -0.4 is 4.74 Å². The quantitative estimate of drug-likeness (QED) is 0.930. The molecule has 1 amide bonds. The number of benzene rings is 1. The van der Waals surface area contributed by atoms with Gasteiger partial charge in [-0.3, -0.25) is 9.48 Å². The van der Waals surface area contributed by atoms with E-state index in [0.717, 1.165) is 30.0 Å². The van der Waals surface area contributed by atoms with Crippen molar-refractivity contribution in [2.24, 2.45) is 0 Å². The molecule has 0 fully saturated rings. The average Bonchev–Trinajstić information content (AvgIpc) is 2.87. The van der Waals surface area contributed by atoms with Crippen molar-refractivity contribution >= 4 is 5.91 Å². The summed E-state index contributed by atoms with van der Waals surface area (Å²) in [5, 5.41) is 14.1. The van der Waals surface area contributed by atoms with Crippen molar-refractivity contribution in [2.75, 3.05) is 13.7 Å². The van der Waals surface area contributed by atoms with Gasteiger partial charge in [0, 0.05) is 18.7 Å². The van der Waals surface area contributed by atoms with Crippen molar-refractivity contribution in [3.05, 3.63) is 47.3 Å². The number of carbonyl (C=O) groups excluding carboxylic acids is 1. The van der Waals surface area contributed by atoms with Crippen LogP contribution in [-0.2, 0) is 24.3 Å². The number of ether oxygens (including phenoxy) is 1. The van der Waals surface area contributed by atoms with E-state index >= 15 is 0 Å². The summed E-state index contributed by atoms with van der Waals surface area (Å²) in [5.41, 5.74) is 2.52. The number of hydrogen-bond acceptors (Lipinski definition) is 4. The van der Waals surface area contributed by atoms with Crippen molar-refractivity contribution in [3.8, 4) is 5.75 Å². The van der Waals surface area contributed by atoms with Gasteiger partial charge in [0.15, 0.2) is 0 Å². The van der Waals surface area contributed by atoms with Crippen LogP contribution in [-0.4, -0.2) is 39.3 Å². The first-order valence-corrected chi connectivity index (χ1v) is 8.23. The summed E-state index contributed by atoms with van der Waals surface area (Å²) in [5.74, 6) is 0.815. The predicted octanol–water partition coefficient (Wildman–Crippen LogP) is 1.92. The summed E-state index contributed by atoms with van der Waals surface area (Å²) in [6.07, 6.45) is 0.578. The molecular formula is C18H23N3O3. The highest BCUT2D eigenvalue weighted by Crippen LogP contribution is 2.21. The van der Waals surface area contributed by atoms with E-state index in [1.54, 1.807) is 14.0 Å². The van der Waals surface area contributed by atoms with Gasteiger partial charge >= 0.3 is 0 Å². The highest BCUT2D eigenvalue weighted by atomic mass is 16.5. The third kappa shape index (κ3) is 3.43. The standard InChI is InChI=1S/C18H23N3O3/c1-13(22)16-11-15-12-20(8-5-9-21(15)19-16)18(23)10-14-6-3-4-7-17(14)24-2/h3-4,6-7,11,13,22H,5,8-10,12H2,1-2H3. The summed E-state index contributed by atoms with van der Waals surface area (Å²) in [7, 11) is 1.62. The minimum atomic E-state index is -0.595. The van der Waals surface area contributed by atoms with Crippen LogP contribution in [0.2, 0.25) is 0 Å². The lowest BCUT2D eigenvalue weighted by atomic mass is 10.1. The lowest BCUT2D eigenvalue weighted by Crippen LogP contribution is -2.32. The van der Waals surface area contributed by atoms with E-state index in [1.165, 1.54) is 0 Å². The minimum absolute atomic E-state index is 0.0766. The summed E-state index contributed by atoms with van der Waals surface area (Å²) < 4.78 is 7.23. The molecule has 24 heavy (non-hydrogen) atoms. The van der Waals surface area contributed by atoms with Crippen molar-refractivity contribution in [2.45, 2.75) is 39.0 Å². The van der Waals surface area contributed by atoms with Gasteiger partial charge in [-0.05, 0) is 25.5 Å². The van der Waals surface area contributed by atoms with Crippen LogP contribution in [0.25, 0.3) is 0 Å². The zero-order chi connectivity index (χ0) is 17.1. The highest BCUT2D eigenvalue weighted by molar-refractivity contribution is 5.79. The lowest BCUT2D eigenvalue weighted by Gasteiger charge is -2.20. The number of hydrogen-bond donors (Lipinski definition) is 1. The Morgan fingerprint density at radius 2 is 2.17 bits per heavy atom. The van der Waals surface area contributed by atoms with Crippen molar-refractivity contribution in [3.63, 3.8) is 0 Å². The molecule has 6 nitrogen and oxygen atoms in total. The normalized spacial score (nSPS) is 15.5. The maximum absolute atomic E-state index is 12.7. The Hall–Kier alpha value is -2.34. The lowest BCUT2D eigenvalue weighted by molar-refractivity contribution is -0.131. The van der Waals surface area contributed by atoms with Gasteiger partial charge in [-0.15, -0.1) is 0 Å². The first-order chi connectivity index (χ1) is 11.6. The van der Waals surface area contributed by atoms with Crippen LogP contribution >= 0.6 is 0 Å². The Kier molecular flexibility index (Phi) is 4.85. The number of methoxy groups -OCH3 is 1. The molecule has 6 heteroatoms. The highest BCUT2D eigenvalue weighted by Gasteiger charge is 2.22. The monoisotopic (exact) mass is 329 g/mol. The number of nitrogens with zero attached hydrogens (tertiary/aromatic N) is 3. The summed E-state index contributed by atoms with van der Waals surface area (Å²) in [4.78, 5) is 14.6. The van der Waals surface area contributed by atoms with Gasteiger partial charge in [-0.2, -0.15) is 5.10 Å². The van der Waals surface area contributed by atoms with E-state index in [4.69, 9.17) is 4.74 Å². The number of aryl methyl sites for hydroxylation is 1. The maximum Gasteiger partial charge on any atom is 0.227 e. The fourth-order valence-electron chi connectivity index (χ4n) is 3.03. The second-order valence-corrected chi connectivity index (χ2v) is 6.12. The van der Waals surface area contributed by atoms with Gasteiger partial charge in [0.2, 0.25) is 5.91 Å². The molecule has 2 aromatic rings. The number of carbonyl (C=O) groups is 1. The Labute approximate surface area is 141 Å². The molecule has 1 aromatic carbocycles. The van der Waals surface area contributed by atoms with Gasteiger partial charge in [0.1, 0.15) is 5.75 Å². The smallest absolute Gasteiger partial charge is 0.227 e. The van der Waals surface area contributed by atoms with E-state index in [1.807, 2.05) is 39.9 Å². The second kappa shape index (κ2) is 7.05. The summed E-state index contributed by atoms with van der Waals surface area (Å²) in [6.45, 7) is 3.70. The third-order valence-corrected chi connectivity index (χ3v) is 4.35. The number of para-hydroxylation sites is 1. The number of fused-ring (bicyclic) bond motifs is 1. The van der Waals surface area contributed by atoms with Gasteiger partial charge in [-0.25, -0.2) is 0 Å².